The lowest BCUT2D eigenvalue weighted by molar-refractivity contribution is -0.138. The molecule has 2 rings (SSSR count). The summed E-state index contributed by atoms with van der Waals surface area (Å²) in [6.07, 6.45) is -6.42. The monoisotopic (exact) mass is 320 g/mol. The van der Waals surface area contributed by atoms with Crippen LogP contribution in [-0.2, 0) is 10.9 Å². The van der Waals surface area contributed by atoms with Gasteiger partial charge < -0.3 is 15.6 Å². The minimum absolute atomic E-state index is 0.0713. The lowest BCUT2D eigenvalue weighted by atomic mass is 10.1. The Bertz CT molecular complexity index is 669. The molecule has 1 aliphatic rings. The summed E-state index contributed by atoms with van der Waals surface area (Å²) in [6, 6.07) is -0.807. The molecule has 1 aliphatic heterocycles. The number of aliphatic hydroxyl groups is 1. The van der Waals surface area contributed by atoms with Gasteiger partial charge in [-0.1, -0.05) is 5.11 Å². The molecular weight excluding hydrogens is 309 g/mol. The predicted octanol–water partition coefficient (Wildman–Crippen LogP) is 0.803. The second-order valence-electron chi connectivity index (χ2n) is 4.55. The average Bonchev–Trinajstić information content (AvgIpc) is 2.80. The van der Waals surface area contributed by atoms with Crippen LogP contribution in [0.1, 0.15) is 18.2 Å². The van der Waals surface area contributed by atoms with Crippen molar-refractivity contribution in [1.29, 1.82) is 0 Å². The molecule has 1 aromatic rings. The van der Waals surface area contributed by atoms with Gasteiger partial charge in [0.15, 0.2) is 0 Å². The highest BCUT2D eigenvalue weighted by Crippen LogP contribution is 2.34. The number of azide groups is 1. The highest BCUT2D eigenvalue weighted by Gasteiger charge is 2.39. The van der Waals surface area contributed by atoms with Crippen LogP contribution in [0.4, 0.5) is 19.0 Å². The third kappa shape index (κ3) is 2.98. The van der Waals surface area contributed by atoms with E-state index < -0.39 is 48.2 Å². The Balaban J connectivity index is 2.41. The lowest BCUT2D eigenvalue weighted by Crippen LogP contribution is -2.30. The number of alkyl halides is 3. The van der Waals surface area contributed by atoms with Crippen molar-refractivity contribution < 1.29 is 23.0 Å². The van der Waals surface area contributed by atoms with E-state index >= 15 is 0 Å². The van der Waals surface area contributed by atoms with Gasteiger partial charge in [-0.25, -0.2) is 4.79 Å². The first-order valence-electron chi connectivity index (χ1n) is 6.04. The summed E-state index contributed by atoms with van der Waals surface area (Å²) in [4.78, 5) is 17.4. The van der Waals surface area contributed by atoms with E-state index in [4.69, 9.17) is 21.1 Å². The Morgan fingerprint density at radius 2 is 2.32 bits per heavy atom. The van der Waals surface area contributed by atoms with E-state index in [1.54, 1.807) is 0 Å². The van der Waals surface area contributed by atoms with E-state index in [1.165, 1.54) is 0 Å². The van der Waals surface area contributed by atoms with E-state index in [1.807, 2.05) is 0 Å². The van der Waals surface area contributed by atoms with E-state index in [0.717, 1.165) is 0 Å². The van der Waals surface area contributed by atoms with Crippen molar-refractivity contribution in [3.05, 3.63) is 32.7 Å². The Hall–Kier alpha value is -2.30. The highest BCUT2D eigenvalue weighted by molar-refractivity contribution is 5.39. The molecule has 1 saturated heterocycles. The zero-order valence-corrected chi connectivity index (χ0v) is 10.9. The van der Waals surface area contributed by atoms with Crippen LogP contribution in [0, 0.1) is 0 Å². The molecule has 9 nitrogen and oxygen atoms in total. The van der Waals surface area contributed by atoms with Crippen molar-refractivity contribution >= 4 is 5.82 Å². The molecule has 120 valence electrons. The molecule has 1 fully saturated rings. The summed E-state index contributed by atoms with van der Waals surface area (Å²) in [7, 11) is 0. The Morgan fingerprint density at radius 3 is 2.86 bits per heavy atom. The number of aliphatic hydroxyl groups excluding tert-OH is 1. The topological polar surface area (TPSA) is 139 Å². The first kappa shape index (κ1) is 16.1. The molecule has 1 aromatic heterocycles. The van der Waals surface area contributed by atoms with Gasteiger partial charge in [0, 0.05) is 17.5 Å². The van der Waals surface area contributed by atoms with Crippen LogP contribution in [0.15, 0.2) is 16.1 Å². The van der Waals surface area contributed by atoms with Crippen LogP contribution in [0.5, 0.6) is 0 Å². The van der Waals surface area contributed by atoms with Crippen LogP contribution in [0.3, 0.4) is 0 Å². The maximum absolute atomic E-state index is 12.8. The molecule has 22 heavy (non-hydrogen) atoms. The third-order valence-corrected chi connectivity index (χ3v) is 3.18. The third-order valence-electron chi connectivity index (χ3n) is 3.18. The normalized spacial score (nSPS) is 25.0. The van der Waals surface area contributed by atoms with E-state index in [2.05, 4.69) is 15.0 Å². The number of aromatic nitrogens is 2. The minimum Gasteiger partial charge on any atom is -0.394 e. The number of nitrogen functional groups attached to an aromatic ring is 1. The molecule has 0 amide bonds. The van der Waals surface area contributed by atoms with Crippen molar-refractivity contribution in [3.8, 4) is 0 Å². The Labute approximate surface area is 120 Å². The molecule has 0 bridgehead atoms. The molecule has 0 saturated carbocycles. The first-order valence-corrected chi connectivity index (χ1v) is 6.04. The van der Waals surface area contributed by atoms with Crippen LogP contribution in [-0.4, -0.2) is 33.4 Å². The molecule has 3 atom stereocenters. The summed E-state index contributed by atoms with van der Waals surface area (Å²) in [5.41, 5.74) is 11.2. The van der Waals surface area contributed by atoms with Crippen molar-refractivity contribution in [1.82, 2.24) is 9.55 Å². The maximum atomic E-state index is 12.8. The van der Waals surface area contributed by atoms with Crippen molar-refractivity contribution in [3.63, 3.8) is 0 Å². The number of hydrogen-bond donors (Lipinski definition) is 2. The second kappa shape index (κ2) is 5.83. The number of nitrogens with two attached hydrogens (primary N) is 1. The molecule has 0 radical (unpaired) electrons. The van der Waals surface area contributed by atoms with Gasteiger partial charge in [-0.05, 0) is 5.53 Å². The average molecular weight is 320 g/mol. The molecule has 12 heteroatoms. The van der Waals surface area contributed by atoms with Crippen molar-refractivity contribution in [2.24, 2.45) is 5.11 Å². The molecular formula is C10H11F3N6O3. The van der Waals surface area contributed by atoms with E-state index in [-0.39, 0.29) is 6.42 Å². The molecule has 2 heterocycles. The van der Waals surface area contributed by atoms with Crippen LogP contribution < -0.4 is 11.4 Å². The summed E-state index contributed by atoms with van der Waals surface area (Å²) in [5.74, 6) is -0.933. The predicted molar refractivity (Wildman–Crippen MR) is 66.5 cm³/mol. The van der Waals surface area contributed by atoms with Crippen LogP contribution in [0.2, 0.25) is 0 Å². The number of anilines is 1. The minimum atomic E-state index is -4.79. The van der Waals surface area contributed by atoms with Crippen molar-refractivity contribution in [2.75, 3.05) is 12.3 Å². The molecule has 0 unspecified atom stereocenters. The van der Waals surface area contributed by atoms with Gasteiger partial charge in [-0.15, -0.1) is 0 Å². The molecule has 0 aliphatic carbocycles. The SMILES string of the molecule is [N-]=[N+]=N[C@@H]1C[C@@H](n2cc(C(F)(F)F)c(N)nc2=O)O[C@H]1CO. The first-order chi connectivity index (χ1) is 10.3. The largest absolute Gasteiger partial charge is 0.421 e. The highest BCUT2D eigenvalue weighted by atomic mass is 19.4. The standard InChI is InChI=1S/C10H11F3N6O3/c11-10(12,13)4-2-19(9(21)16-8(4)14)7-1-5(17-18-15)6(3-20)22-7/h2,5-7,20H,1,3H2,(H2,14,16,21)/t5-,6+,7+/m1/s1. The summed E-state index contributed by atoms with van der Waals surface area (Å²) >= 11 is 0. The van der Waals surface area contributed by atoms with Gasteiger partial charge >= 0.3 is 11.9 Å². The Morgan fingerprint density at radius 1 is 1.64 bits per heavy atom. The van der Waals surface area contributed by atoms with Gasteiger partial charge in [0.25, 0.3) is 0 Å². The van der Waals surface area contributed by atoms with Crippen LogP contribution in [0.25, 0.3) is 10.4 Å². The molecule has 0 aromatic carbocycles. The van der Waals surface area contributed by atoms with Gasteiger partial charge in [0.1, 0.15) is 17.6 Å². The smallest absolute Gasteiger partial charge is 0.394 e. The fourth-order valence-electron chi connectivity index (χ4n) is 2.14. The van der Waals surface area contributed by atoms with Gasteiger partial charge in [-0.2, -0.15) is 18.2 Å². The number of rotatable bonds is 3. The number of hydrogen-bond acceptors (Lipinski definition) is 6. The van der Waals surface area contributed by atoms with Gasteiger partial charge in [-0.3, -0.25) is 4.57 Å². The lowest BCUT2D eigenvalue weighted by Gasteiger charge is -2.17. The summed E-state index contributed by atoms with van der Waals surface area (Å²) in [6.45, 7) is -0.510. The number of ether oxygens (including phenoxy) is 1. The van der Waals surface area contributed by atoms with Crippen LogP contribution >= 0.6 is 0 Å². The van der Waals surface area contributed by atoms with Gasteiger partial charge in [0.2, 0.25) is 0 Å². The van der Waals surface area contributed by atoms with E-state index in [0.29, 0.717) is 10.8 Å². The fourth-order valence-corrected chi connectivity index (χ4v) is 2.14. The van der Waals surface area contributed by atoms with Crippen molar-refractivity contribution in [2.45, 2.75) is 31.0 Å². The second-order valence-corrected chi connectivity index (χ2v) is 4.55. The molecule has 0 spiro atoms. The Kier molecular flexibility index (Phi) is 4.26. The van der Waals surface area contributed by atoms with E-state index in [9.17, 15) is 18.0 Å². The maximum Gasteiger partial charge on any atom is 0.421 e. The zero-order chi connectivity index (χ0) is 16.5. The quantitative estimate of drug-likeness (QED) is 0.482. The molecule has 3 N–H and O–H groups in total. The summed E-state index contributed by atoms with van der Waals surface area (Å²) in [5, 5.41) is 12.5. The number of halogens is 3. The number of nitrogens with zero attached hydrogens (tertiary/aromatic N) is 5. The van der Waals surface area contributed by atoms with Gasteiger partial charge in [0.05, 0.1) is 18.8 Å². The zero-order valence-electron chi connectivity index (χ0n) is 10.9. The summed E-state index contributed by atoms with van der Waals surface area (Å²) < 4.78 is 44.3. The fraction of sp³-hybridized carbons (Fsp3) is 0.600.